The van der Waals surface area contributed by atoms with Gasteiger partial charge in [-0.05, 0) is 64.2 Å². The molecule has 0 aromatic rings. The minimum Gasteiger partial charge on any atom is -0.545 e. The van der Waals surface area contributed by atoms with E-state index in [0.717, 1.165) is 38.5 Å². The second-order valence-electron chi connectivity index (χ2n) is 23.4. The molecule has 2 unspecified atom stereocenters. The average molecular weight is 1060 g/mol. The van der Waals surface area contributed by atoms with E-state index in [1.165, 1.54) is 257 Å². The Labute approximate surface area is 465 Å². The summed E-state index contributed by atoms with van der Waals surface area (Å²) < 4.78 is 22.8. The zero-order valence-electron chi connectivity index (χ0n) is 50.4. The molecule has 0 radical (unpaired) electrons. The molecule has 0 heterocycles. The number of esters is 2. The number of carbonyl (C=O) groups excluding carboxylic acids is 3. The Morgan fingerprint density at radius 3 is 0.987 bits per heavy atom. The number of nitrogens with zero attached hydrogens (tertiary/aromatic N) is 1. The monoisotopic (exact) mass is 1060 g/mol. The number of hydrogen-bond donors (Lipinski definition) is 0. The number of allylic oxidation sites excluding steroid dienone is 4. The summed E-state index contributed by atoms with van der Waals surface area (Å²) in [4.78, 5) is 37.4. The van der Waals surface area contributed by atoms with Gasteiger partial charge in [-0.25, -0.2) is 0 Å². The summed E-state index contributed by atoms with van der Waals surface area (Å²) in [7, 11) is 5.94. The number of hydrogen-bond acceptors (Lipinski definition) is 8. The van der Waals surface area contributed by atoms with E-state index in [1.54, 1.807) is 0 Å². The van der Waals surface area contributed by atoms with Crippen LogP contribution >= 0.6 is 0 Å². The second-order valence-corrected chi connectivity index (χ2v) is 23.4. The molecule has 442 valence electrons. The van der Waals surface area contributed by atoms with E-state index < -0.39 is 24.3 Å². The summed E-state index contributed by atoms with van der Waals surface area (Å²) in [6, 6.07) is 0. The second kappa shape index (κ2) is 57.9. The summed E-state index contributed by atoms with van der Waals surface area (Å²) >= 11 is 0. The highest BCUT2D eigenvalue weighted by Gasteiger charge is 2.22. The Bertz CT molecular complexity index is 1280. The molecule has 0 N–H and O–H groups in total. The van der Waals surface area contributed by atoms with Crippen molar-refractivity contribution in [2.24, 2.45) is 0 Å². The van der Waals surface area contributed by atoms with Gasteiger partial charge in [0.1, 0.15) is 13.2 Å². The topological polar surface area (TPSA) is 111 Å². The number of rotatable bonds is 61. The minimum absolute atomic E-state index is 0.150. The fraction of sp³-hybridized carbons (Fsp3) is 0.894. The number of carbonyl (C=O) groups is 3. The largest absolute Gasteiger partial charge is 0.545 e. The van der Waals surface area contributed by atoms with Crippen LogP contribution in [0.1, 0.15) is 322 Å². The molecule has 0 saturated carbocycles. The number of quaternary nitrogens is 1. The van der Waals surface area contributed by atoms with Gasteiger partial charge in [-0.15, -0.1) is 0 Å². The van der Waals surface area contributed by atoms with Crippen molar-refractivity contribution in [1.82, 2.24) is 0 Å². The van der Waals surface area contributed by atoms with Crippen LogP contribution in [-0.4, -0.2) is 82.3 Å². The van der Waals surface area contributed by atoms with Crippen molar-refractivity contribution in [3.63, 3.8) is 0 Å². The van der Waals surface area contributed by atoms with Gasteiger partial charge >= 0.3 is 11.9 Å². The van der Waals surface area contributed by atoms with Gasteiger partial charge in [0, 0.05) is 12.8 Å². The maximum atomic E-state index is 12.9. The predicted octanol–water partition coefficient (Wildman–Crippen LogP) is 18.1. The van der Waals surface area contributed by atoms with Crippen molar-refractivity contribution in [3.8, 4) is 0 Å². The van der Waals surface area contributed by atoms with Crippen molar-refractivity contribution in [3.05, 3.63) is 24.3 Å². The Morgan fingerprint density at radius 1 is 0.387 bits per heavy atom. The van der Waals surface area contributed by atoms with Crippen LogP contribution in [0.25, 0.3) is 0 Å². The first-order chi connectivity index (χ1) is 36.6. The van der Waals surface area contributed by atoms with Crippen LogP contribution in [0.15, 0.2) is 24.3 Å². The standard InChI is InChI=1S/C66H125NO8/c1-6-8-10-12-14-16-18-20-22-24-26-28-29-30-31-32-33-34-35-37-39-41-43-45-47-49-51-53-55-57-64(69)75-62(61-74-66(65(70)71)72-59-58-67(3,4)5)60-73-63(68)56-54-52-50-48-46-44-42-40-38-36-27-25-23-21-19-17-15-13-11-9-7-2/h24-27,62,66H,6-23,28-61H2,1-5H3/b26-24-,27-25-. The molecule has 0 aromatic heterocycles. The third kappa shape index (κ3) is 59.3. The minimum atomic E-state index is -1.62. The van der Waals surface area contributed by atoms with Crippen LogP contribution in [0, 0.1) is 0 Å². The van der Waals surface area contributed by atoms with E-state index in [4.69, 9.17) is 18.9 Å². The molecule has 0 aliphatic heterocycles. The molecule has 0 rings (SSSR count). The van der Waals surface area contributed by atoms with Crippen LogP contribution in [-0.2, 0) is 33.3 Å². The highest BCUT2D eigenvalue weighted by Crippen LogP contribution is 2.18. The number of unbranched alkanes of at least 4 members (excludes halogenated alkanes) is 42. The van der Waals surface area contributed by atoms with Crippen LogP contribution in [0.4, 0.5) is 0 Å². The Hall–Kier alpha value is -2.23. The van der Waals surface area contributed by atoms with E-state index in [1.807, 2.05) is 21.1 Å². The van der Waals surface area contributed by atoms with E-state index in [9.17, 15) is 19.5 Å². The first-order valence-corrected chi connectivity index (χ1v) is 32.5. The Morgan fingerprint density at radius 2 is 0.680 bits per heavy atom. The molecular weight excluding hydrogens is 935 g/mol. The van der Waals surface area contributed by atoms with Crippen molar-refractivity contribution in [2.45, 2.75) is 334 Å². The summed E-state index contributed by atoms with van der Waals surface area (Å²) in [5, 5.41) is 11.8. The zero-order valence-corrected chi connectivity index (χ0v) is 50.4. The van der Waals surface area contributed by atoms with Crippen molar-refractivity contribution in [2.75, 3.05) is 47.5 Å². The number of ether oxygens (including phenoxy) is 4. The summed E-state index contributed by atoms with van der Waals surface area (Å²) in [5.41, 5.74) is 0. The molecule has 0 aliphatic rings. The predicted molar refractivity (Wildman–Crippen MR) is 316 cm³/mol. The lowest BCUT2D eigenvalue weighted by Crippen LogP contribution is -2.44. The molecule has 9 nitrogen and oxygen atoms in total. The van der Waals surface area contributed by atoms with Crippen LogP contribution < -0.4 is 5.11 Å². The Kier molecular flexibility index (Phi) is 56.2. The molecule has 0 amide bonds. The summed E-state index contributed by atoms with van der Waals surface area (Å²) in [5.74, 6) is -2.26. The third-order valence-corrected chi connectivity index (χ3v) is 14.7. The summed E-state index contributed by atoms with van der Waals surface area (Å²) in [6.45, 7) is 4.80. The van der Waals surface area contributed by atoms with E-state index in [2.05, 4.69) is 38.2 Å². The number of carboxylic acids is 1. The Balaban J connectivity index is 4.12. The maximum Gasteiger partial charge on any atom is 0.306 e. The number of likely N-dealkylation sites (N-methyl/N-ethyl adjacent to an activating group) is 1. The highest BCUT2D eigenvalue weighted by atomic mass is 16.7. The molecule has 9 heteroatoms. The molecule has 0 aliphatic carbocycles. The lowest BCUT2D eigenvalue weighted by molar-refractivity contribution is -0.870. The molecule has 2 atom stereocenters. The quantitative estimate of drug-likeness (QED) is 0.0195. The van der Waals surface area contributed by atoms with Gasteiger partial charge in [0.2, 0.25) is 0 Å². The smallest absolute Gasteiger partial charge is 0.306 e. The normalized spacial score (nSPS) is 12.8. The van der Waals surface area contributed by atoms with Crippen molar-refractivity contribution >= 4 is 17.9 Å². The molecule has 0 aromatic carbocycles. The van der Waals surface area contributed by atoms with Crippen LogP contribution in [0.2, 0.25) is 0 Å². The first kappa shape index (κ1) is 72.8. The third-order valence-electron chi connectivity index (χ3n) is 14.7. The molecule has 0 fully saturated rings. The van der Waals surface area contributed by atoms with Gasteiger partial charge in [0.15, 0.2) is 12.4 Å². The lowest BCUT2D eigenvalue weighted by Gasteiger charge is -2.26. The van der Waals surface area contributed by atoms with Crippen molar-refractivity contribution < 1.29 is 42.9 Å². The van der Waals surface area contributed by atoms with E-state index in [0.29, 0.717) is 17.4 Å². The van der Waals surface area contributed by atoms with E-state index in [-0.39, 0.29) is 32.2 Å². The number of aliphatic carboxylic acids is 1. The SMILES string of the molecule is CCCCCCCCCC/C=C\CCCCCCCCCCCCCCCCCCCC(=O)OC(COC(=O)CCCCCCCCCCC/C=C\CCCCCCCCCC)COC(OCC[N+](C)(C)C)C(=O)[O-]. The maximum absolute atomic E-state index is 12.9. The van der Waals surface area contributed by atoms with Gasteiger partial charge in [0.05, 0.1) is 40.3 Å². The van der Waals surface area contributed by atoms with E-state index >= 15 is 0 Å². The number of carboxylic acid groups (broad SMARTS) is 1. The highest BCUT2D eigenvalue weighted by molar-refractivity contribution is 5.70. The van der Waals surface area contributed by atoms with Gasteiger partial charge in [-0.2, -0.15) is 0 Å². The van der Waals surface area contributed by atoms with Crippen LogP contribution in [0.3, 0.4) is 0 Å². The first-order valence-electron chi connectivity index (χ1n) is 32.5. The van der Waals surface area contributed by atoms with Gasteiger partial charge < -0.3 is 33.3 Å². The fourth-order valence-electron chi connectivity index (χ4n) is 9.65. The van der Waals surface area contributed by atoms with Gasteiger partial charge in [-0.1, -0.05) is 269 Å². The molecule has 0 spiro atoms. The van der Waals surface area contributed by atoms with Crippen molar-refractivity contribution in [1.29, 1.82) is 0 Å². The molecular formula is C66H125NO8. The van der Waals surface area contributed by atoms with Gasteiger partial charge in [0.25, 0.3) is 0 Å². The van der Waals surface area contributed by atoms with Gasteiger partial charge in [-0.3, -0.25) is 9.59 Å². The fourth-order valence-corrected chi connectivity index (χ4v) is 9.65. The molecule has 75 heavy (non-hydrogen) atoms. The lowest BCUT2D eigenvalue weighted by atomic mass is 10.0. The molecule has 0 saturated heterocycles. The summed E-state index contributed by atoms with van der Waals surface area (Å²) in [6.07, 6.45) is 66.7. The molecule has 0 bridgehead atoms. The average Bonchev–Trinajstić information content (AvgIpc) is 3.38. The van der Waals surface area contributed by atoms with Crippen LogP contribution in [0.5, 0.6) is 0 Å². The zero-order chi connectivity index (χ0) is 54.8.